The van der Waals surface area contributed by atoms with E-state index in [9.17, 15) is 4.79 Å². The Labute approximate surface area is 117 Å². The number of hydrazine groups is 1. The van der Waals surface area contributed by atoms with Gasteiger partial charge in [0, 0.05) is 13.0 Å². The first-order valence-electron chi connectivity index (χ1n) is 7.00. The number of hydrogen-bond donors (Lipinski definition) is 2. The topological polar surface area (TPSA) is 73.6 Å². The van der Waals surface area contributed by atoms with Crippen LogP contribution in [0, 0.1) is 0 Å². The van der Waals surface area contributed by atoms with Crippen molar-refractivity contribution in [3.05, 3.63) is 0 Å². The maximum absolute atomic E-state index is 11.1. The Balaban J connectivity index is 3.93. The Morgan fingerprint density at radius 2 is 1.58 bits per heavy atom. The highest BCUT2D eigenvalue weighted by Crippen LogP contribution is 2.20. The quantitative estimate of drug-likeness (QED) is 0.364. The molecule has 0 fully saturated rings. The molecule has 0 aliphatic carbocycles. The number of carbonyl (C=O) groups is 1. The van der Waals surface area contributed by atoms with Gasteiger partial charge in [0.2, 0.25) is 5.91 Å². The van der Waals surface area contributed by atoms with Crippen LogP contribution in [0.25, 0.3) is 0 Å². The molecule has 0 aromatic heterocycles. The number of nitrogens with two attached hydrogens (primary N) is 1. The van der Waals surface area contributed by atoms with Crippen molar-refractivity contribution in [1.29, 1.82) is 0 Å². The van der Waals surface area contributed by atoms with Crippen molar-refractivity contribution in [2.75, 3.05) is 13.2 Å². The lowest BCUT2D eigenvalue weighted by molar-refractivity contribution is -0.123. The fourth-order valence-corrected chi connectivity index (χ4v) is 1.58. The molecule has 114 valence electrons. The molecule has 0 bridgehead atoms. The predicted molar refractivity (Wildman–Crippen MR) is 76.5 cm³/mol. The minimum absolute atomic E-state index is 0.164. The van der Waals surface area contributed by atoms with Crippen LogP contribution in [0.2, 0.25) is 0 Å². The van der Waals surface area contributed by atoms with Crippen molar-refractivity contribution >= 4 is 5.91 Å². The Hall–Kier alpha value is -0.650. The zero-order chi connectivity index (χ0) is 14.9. The summed E-state index contributed by atoms with van der Waals surface area (Å²) < 4.78 is 11.6. The van der Waals surface area contributed by atoms with Crippen LogP contribution in [-0.2, 0) is 14.3 Å². The van der Waals surface area contributed by atoms with Crippen molar-refractivity contribution in [2.24, 2.45) is 5.84 Å². The molecule has 0 unspecified atom stereocenters. The van der Waals surface area contributed by atoms with Gasteiger partial charge in [-0.05, 0) is 47.0 Å². The normalized spacial score (nSPS) is 12.5. The summed E-state index contributed by atoms with van der Waals surface area (Å²) in [7, 11) is 0. The van der Waals surface area contributed by atoms with Gasteiger partial charge in [-0.25, -0.2) is 5.84 Å². The maximum Gasteiger partial charge on any atom is 0.233 e. The Morgan fingerprint density at radius 3 is 2.11 bits per heavy atom. The van der Waals surface area contributed by atoms with Crippen LogP contribution in [0.3, 0.4) is 0 Å². The van der Waals surface area contributed by atoms with Gasteiger partial charge < -0.3 is 9.47 Å². The first kappa shape index (κ1) is 18.4. The summed E-state index contributed by atoms with van der Waals surface area (Å²) in [6.45, 7) is 11.6. The van der Waals surface area contributed by atoms with Gasteiger partial charge in [0.25, 0.3) is 0 Å². The van der Waals surface area contributed by atoms with Crippen LogP contribution < -0.4 is 11.3 Å². The number of amides is 1. The average Bonchev–Trinajstić information content (AvgIpc) is 2.33. The van der Waals surface area contributed by atoms with Gasteiger partial charge in [-0.2, -0.15) is 0 Å². The molecule has 0 aliphatic heterocycles. The third kappa shape index (κ3) is 9.87. The van der Waals surface area contributed by atoms with E-state index in [2.05, 4.69) is 26.2 Å². The highest BCUT2D eigenvalue weighted by atomic mass is 16.5. The van der Waals surface area contributed by atoms with Gasteiger partial charge in [-0.3, -0.25) is 10.2 Å². The van der Waals surface area contributed by atoms with Crippen molar-refractivity contribution in [3.8, 4) is 0 Å². The van der Waals surface area contributed by atoms with E-state index >= 15 is 0 Å². The average molecular weight is 274 g/mol. The fraction of sp³-hybridized carbons (Fsp3) is 0.929. The highest BCUT2D eigenvalue weighted by Gasteiger charge is 2.23. The first-order valence-corrected chi connectivity index (χ1v) is 7.00. The third-order valence-electron chi connectivity index (χ3n) is 3.01. The molecule has 19 heavy (non-hydrogen) atoms. The molecule has 0 aromatic carbocycles. The molecule has 0 radical (unpaired) electrons. The standard InChI is InChI=1S/C14H30N2O3/c1-6-10-18-14(4,5)9-11-19-13(2,3)8-7-12(17)16-15/h6-11,15H2,1-5H3,(H,16,17). The number of rotatable bonds is 10. The van der Waals surface area contributed by atoms with Gasteiger partial charge in [-0.1, -0.05) is 6.92 Å². The lowest BCUT2D eigenvalue weighted by atomic mass is 10.0. The summed E-state index contributed by atoms with van der Waals surface area (Å²) in [4.78, 5) is 11.1. The van der Waals surface area contributed by atoms with Crippen LogP contribution in [0.5, 0.6) is 0 Å². The monoisotopic (exact) mass is 274 g/mol. The molecule has 0 aliphatic rings. The molecule has 0 spiro atoms. The number of ether oxygens (including phenoxy) is 2. The summed E-state index contributed by atoms with van der Waals surface area (Å²) in [5.41, 5.74) is 1.63. The van der Waals surface area contributed by atoms with Gasteiger partial charge in [-0.15, -0.1) is 0 Å². The maximum atomic E-state index is 11.1. The van der Waals surface area contributed by atoms with Crippen molar-refractivity contribution < 1.29 is 14.3 Å². The minimum Gasteiger partial charge on any atom is -0.375 e. The van der Waals surface area contributed by atoms with Crippen LogP contribution >= 0.6 is 0 Å². The van der Waals surface area contributed by atoms with Crippen LogP contribution in [0.15, 0.2) is 0 Å². The van der Waals surface area contributed by atoms with E-state index < -0.39 is 0 Å². The first-order chi connectivity index (χ1) is 8.72. The number of carbonyl (C=O) groups excluding carboxylic acids is 1. The summed E-state index contributed by atoms with van der Waals surface area (Å²) in [6, 6.07) is 0. The molecular formula is C14H30N2O3. The van der Waals surface area contributed by atoms with Crippen molar-refractivity contribution in [2.45, 2.75) is 71.5 Å². The Morgan fingerprint density at radius 1 is 1.05 bits per heavy atom. The van der Waals surface area contributed by atoms with E-state index in [1.54, 1.807) is 0 Å². The second-order valence-electron chi connectivity index (χ2n) is 6.03. The summed E-state index contributed by atoms with van der Waals surface area (Å²) in [5.74, 6) is 4.88. The highest BCUT2D eigenvalue weighted by molar-refractivity contribution is 5.75. The zero-order valence-corrected chi connectivity index (χ0v) is 13.0. The molecule has 1 amide bonds. The lowest BCUT2D eigenvalue weighted by Crippen LogP contribution is -2.34. The van der Waals surface area contributed by atoms with Crippen molar-refractivity contribution in [3.63, 3.8) is 0 Å². The molecule has 0 atom stereocenters. The molecule has 0 aromatic rings. The summed E-state index contributed by atoms with van der Waals surface area (Å²) in [5, 5.41) is 0. The largest absolute Gasteiger partial charge is 0.375 e. The predicted octanol–water partition coefficient (Wildman–Crippen LogP) is 2.15. The van der Waals surface area contributed by atoms with Crippen LogP contribution in [-0.4, -0.2) is 30.3 Å². The SMILES string of the molecule is CCCOC(C)(C)CCOC(C)(C)CCC(=O)NN. The van der Waals surface area contributed by atoms with E-state index in [-0.39, 0.29) is 17.1 Å². The second kappa shape index (κ2) is 8.51. The molecular weight excluding hydrogens is 244 g/mol. The van der Waals surface area contributed by atoms with Gasteiger partial charge in [0.1, 0.15) is 0 Å². The number of nitrogens with one attached hydrogen (secondary N) is 1. The number of hydrogen-bond acceptors (Lipinski definition) is 4. The van der Waals surface area contributed by atoms with Crippen LogP contribution in [0.1, 0.15) is 60.3 Å². The molecule has 0 saturated heterocycles. The molecule has 5 heteroatoms. The van der Waals surface area contributed by atoms with Crippen LogP contribution in [0.4, 0.5) is 0 Å². The molecule has 0 saturated carbocycles. The third-order valence-corrected chi connectivity index (χ3v) is 3.01. The van der Waals surface area contributed by atoms with E-state index in [0.29, 0.717) is 19.4 Å². The molecule has 0 rings (SSSR count). The Kier molecular flexibility index (Phi) is 8.22. The molecule has 0 heterocycles. The molecule has 3 N–H and O–H groups in total. The van der Waals surface area contributed by atoms with E-state index in [4.69, 9.17) is 15.3 Å². The van der Waals surface area contributed by atoms with Gasteiger partial charge in [0.15, 0.2) is 0 Å². The van der Waals surface area contributed by atoms with Crippen molar-refractivity contribution in [1.82, 2.24) is 5.43 Å². The second-order valence-corrected chi connectivity index (χ2v) is 6.03. The van der Waals surface area contributed by atoms with Gasteiger partial charge in [0.05, 0.1) is 17.8 Å². The summed E-state index contributed by atoms with van der Waals surface area (Å²) in [6.07, 6.45) is 2.87. The summed E-state index contributed by atoms with van der Waals surface area (Å²) >= 11 is 0. The van der Waals surface area contributed by atoms with Gasteiger partial charge >= 0.3 is 0 Å². The van der Waals surface area contributed by atoms with E-state index in [0.717, 1.165) is 19.4 Å². The van der Waals surface area contributed by atoms with E-state index in [1.165, 1.54) is 0 Å². The zero-order valence-electron chi connectivity index (χ0n) is 13.0. The Bertz CT molecular complexity index is 265. The minimum atomic E-state index is -0.326. The smallest absolute Gasteiger partial charge is 0.233 e. The lowest BCUT2D eigenvalue weighted by Gasteiger charge is -2.29. The van der Waals surface area contributed by atoms with E-state index in [1.807, 2.05) is 13.8 Å². The molecule has 5 nitrogen and oxygen atoms in total. The fourth-order valence-electron chi connectivity index (χ4n) is 1.58.